The van der Waals surface area contributed by atoms with Gasteiger partial charge in [-0.25, -0.2) is 4.98 Å². The lowest BCUT2D eigenvalue weighted by Crippen LogP contribution is -2.13. The Labute approximate surface area is 174 Å². The minimum atomic E-state index is 0.773. The van der Waals surface area contributed by atoms with Crippen LogP contribution < -0.4 is 5.32 Å². The minimum Gasteiger partial charge on any atom is -0.337 e. The monoisotopic (exact) mass is 396 g/mol. The van der Waals surface area contributed by atoms with Gasteiger partial charge in [0, 0.05) is 29.9 Å². The molecule has 6 nitrogen and oxygen atoms in total. The number of nitrogens with zero attached hydrogens (tertiary/aromatic N) is 3. The summed E-state index contributed by atoms with van der Waals surface area (Å²) in [7, 11) is 0. The minimum absolute atomic E-state index is 0.773. The van der Waals surface area contributed by atoms with E-state index in [9.17, 15) is 0 Å². The number of aromatic nitrogens is 5. The molecule has 0 aliphatic heterocycles. The van der Waals surface area contributed by atoms with Gasteiger partial charge in [0.05, 0.1) is 16.6 Å². The fraction of sp³-hybridized carbons (Fsp3) is 0.208. The zero-order chi connectivity index (χ0) is 20.7. The Morgan fingerprint density at radius 2 is 1.90 bits per heavy atom. The third kappa shape index (κ3) is 3.15. The highest BCUT2D eigenvalue weighted by Crippen LogP contribution is 2.32. The van der Waals surface area contributed by atoms with Crippen molar-refractivity contribution in [2.75, 3.05) is 6.54 Å². The van der Waals surface area contributed by atoms with Crippen LogP contribution in [0.3, 0.4) is 0 Å². The smallest absolute Gasteiger partial charge is 0.159 e. The molecule has 3 N–H and O–H groups in total. The first-order valence-corrected chi connectivity index (χ1v) is 10.2. The number of H-pyrrole nitrogens is 2. The fourth-order valence-corrected chi connectivity index (χ4v) is 3.90. The fourth-order valence-electron chi connectivity index (χ4n) is 3.90. The number of hydrogen-bond donors (Lipinski definition) is 3. The standard InChI is InChI=1S/C24H24N6/c1-4-25-11-17-12-26-13-19(15(17)3)16-6-8-20-18(10-16)23(30-29-20)24-27-21-7-5-14(2)9-22(21)28-24/h5-10,12-13,25H,4,11H2,1-3H3,(H,27,28)(H,29,30). The summed E-state index contributed by atoms with van der Waals surface area (Å²) in [6, 6.07) is 12.6. The van der Waals surface area contributed by atoms with Crippen LogP contribution in [0.15, 0.2) is 48.8 Å². The number of aryl methyl sites for hydroxylation is 1. The third-order valence-corrected chi connectivity index (χ3v) is 5.62. The summed E-state index contributed by atoms with van der Waals surface area (Å²) in [5, 5.41) is 12.1. The van der Waals surface area contributed by atoms with E-state index in [0.29, 0.717) is 0 Å². The Kier molecular flexibility index (Phi) is 4.56. The molecule has 0 spiro atoms. The molecular formula is C24H24N6. The summed E-state index contributed by atoms with van der Waals surface area (Å²) in [5.74, 6) is 0.773. The van der Waals surface area contributed by atoms with Gasteiger partial charge in [-0.1, -0.05) is 19.1 Å². The second-order valence-corrected chi connectivity index (χ2v) is 7.69. The average molecular weight is 396 g/mol. The van der Waals surface area contributed by atoms with Crippen molar-refractivity contribution in [2.24, 2.45) is 0 Å². The molecule has 0 fully saturated rings. The van der Waals surface area contributed by atoms with E-state index >= 15 is 0 Å². The first-order chi connectivity index (χ1) is 14.6. The number of benzene rings is 2. The lowest BCUT2D eigenvalue weighted by atomic mass is 9.98. The molecule has 0 radical (unpaired) electrons. The van der Waals surface area contributed by atoms with E-state index in [1.807, 2.05) is 18.5 Å². The SMILES string of the molecule is CCNCc1cncc(-c2ccc3[nH]nc(-c4nc5ccc(C)cc5[nH]4)c3c2)c1C. The second kappa shape index (κ2) is 7.39. The molecule has 3 aromatic heterocycles. The van der Waals surface area contributed by atoms with Crippen LogP contribution in [0.4, 0.5) is 0 Å². The summed E-state index contributed by atoms with van der Waals surface area (Å²) in [6.07, 6.45) is 3.88. The van der Waals surface area contributed by atoms with Gasteiger partial charge in [-0.15, -0.1) is 0 Å². The van der Waals surface area contributed by atoms with Gasteiger partial charge in [-0.3, -0.25) is 10.1 Å². The van der Waals surface area contributed by atoms with Crippen molar-refractivity contribution in [3.8, 4) is 22.6 Å². The number of nitrogens with one attached hydrogen (secondary N) is 3. The average Bonchev–Trinajstić information content (AvgIpc) is 3.35. The van der Waals surface area contributed by atoms with Crippen molar-refractivity contribution in [2.45, 2.75) is 27.3 Å². The van der Waals surface area contributed by atoms with E-state index in [1.165, 1.54) is 16.7 Å². The zero-order valence-electron chi connectivity index (χ0n) is 17.4. The van der Waals surface area contributed by atoms with Gasteiger partial charge in [0.1, 0.15) is 5.69 Å². The van der Waals surface area contributed by atoms with Gasteiger partial charge < -0.3 is 10.3 Å². The molecule has 0 amide bonds. The molecule has 2 aromatic carbocycles. The van der Waals surface area contributed by atoms with Crippen molar-refractivity contribution in [1.29, 1.82) is 0 Å². The molecule has 5 rings (SSSR count). The van der Waals surface area contributed by atoms with Crippen molar-refractivity contribution in [3.05, 3.63) is 65.5 Å². The Hall–Kier alpha value is -3.51. The lowest BCUT2D eigenvalue weighted by Gasteiger charge is -2.11. The molecule has 0 atom stereocenters. The van der Waals surface area contributed by atoms with E-state index in [2.05, 4.69) is 76.6 Å². The van der Waals surface area contributed by atoms with Gasteiger partial charge in [-0.2, -0.15) is 5.10 Å². The highest BCUT2D eigenvalue weighted by Gasteiger charge is 2.15. The molecule has 150 valence electrons. The summed E-state index contributed by atoms with van der Waals surface area (Å²) in [4.78, 5) is 12.7. The number of rotatable bonds is 5. The number of imidazole rings is 1. The number of fused-ring (bicyclic) bond motifs is 2. The van der Waals surface area contributed by atoms with Crippen LogP contribution in [0.2, 0.25) is 0 Å². The molecule has 30 heavy (non-hydrogen) atoms. The first-order valence-electron chi connectivity index (χ1n) is 10.2. The van der Waals surface area contributed by atoms with Crippen LogP contribution in [0.1, 0.15) is 23.6 Å². The molecule has 0 aliphatic rings. The van der Waals surface area contributed by atoms with Gasteiger partial charge in [0.2, 0.25) is 0 Å². The Morgan fingerprint density at radius 3 is 2.77 bits per heavy atom. The number of hydrogen-bond acceptors (Lipinski definition) is 4. The molecule has 6 heteroatoms. The van der Waals surface area contributed by atoms with Crippen molar-refractivity contribution >= 4 is 21.9 Å². The Morgan fingerprint density at radius 1 is 1.00 bits per heavy atom. The predicted octanol–water partition coefficient (Wildman–Crippen LogP) is 4.89. The zero-order valence-corrected chi connectivity index (χ0v) is 17.4. The summed E-state index contributed by atoms with van der Waals surface area (Å²) in [6.45, 7) is 8.11. The Bertz CT molecular complexity index is 1360. The van der Waals surface area contributed by atoms with Crippen LogP contribution in [0.25, 0.3) is 44.6 Å². The maximum atomic E-state index is 4.76. The third-order valence-electron chi connectivity index (χ3n) is 5.62. The molecule has 5 aromatic rings. The van der Waals surface area contributed by atoms with Crippen LogP contribution in [0.5, 0.6) is 0 Å². The van der Waals surface area contributed by atoms with E-state index in [1.54, 1.807) is 0 Å². The normalized spacial score (nSPS) is 11.6. The summed E-state index contributed by atoms with van der Waals surface area (Å²) < 4.78 is 0. The second-order valence-electron chi connectivity index (χ2n) is 7.69. The largest absolute Gasteiger partial charge is 0.337 e. The maximum Gasteiger partial charge on any atom is 0.159 e. The maximum absolute atomic E-state index is 4.76. The van der Waals surface area contributed by atoms with Gasteiger partial charge in [-0.05, 0) is 66.9 Å². The van der Waals surface area contributed by atoms with E-state index in [-0.39, 0.29) is 0 Å². The Balaban J connectivity index is 1.61. The summed E-state index contributed by atoms with van der Waals surface area (Å²) in [5.41, 5.74) is 9.71. The van der Waals surface area contributed by atoms with E-state index in [4.69, 9.17) is 4.98 Å². The van der Waals surface area contributed by atoms with E-state index < -0.39 is 0 Å². The van der Waals surface area contributed by atoms with Gasteiger partial charge >= 0.3 is 0 Å². The van der Waals surface area contributed by atoms with Crippen molar-refractivity contribution < 1.29 is 0 Å². The summed E-state index contributed by atoms with van der Waals surface area (Å²) >= 11 is 0. The first kappa shape index (κ1) is 18.5. The highest BCUT2D eigenvalue weighted by atomic mass is 15.1. The topological polar surface area (TPSA) is 82.3 Å². The molecule has 0 aliphatic carbocycles. The molecule has 0 saturated carbocycles. The van der Waals surface area contributed by atoms with Crippen LogP contribution >= 0.6 is 0 Å². The highest BCUT2D eigenvalue weighted by molar-refractivity contribution is 5.96. The van der Waals surface area contributed by atoms with Gasteiger partial charge in [0.25, 0.3) is 0 Å². The molecule has 0 bridgehead atoms. The predicted molar refractivity (Wildman–Crippen MR) is 121 cm³/mol. The van der Waals surface area contributed by atoms with E-state index in [0.717, 1.165) is 57.7 Å². The number of pyridine rings is 1. The van der Waals surface area contributed by atoms with Crippen LogP contribution in [-0.4, -0.2) is 31.7 Å². The van der Waals surface area contributed by atoms with Gasteiger partial charge in [0.15, 0.2) is 5.82 Å². The lowest BCUT2D eigenvalue weighted by molar-refractivity contribution is 0.721. The molecule has 3 heterocycles. The molecular weight excluding hydrogens is 372 g/mol. The van der Waals surface area contributed by atoms with Crippen LogP contribution in [0, 0.1) is 13.8 Å². The number of aromatic amines is 2. The molecule has 0 unspecified atom stereocenters. The van der Waals surface area contributed by atoms with Crippen molar-refractivity contribution in [1.82, 2.24) is 30.5 Å². The molecule has 0 saturated heterocycles. The quantitative estimate of drug-likeness (QED) is 0.395. The van der Waals surface area contributed by atoms with Crippen LogP contribution in [-0.2, 0) is 6.54 Å². The van der Waals surface area contributed by atoms with Crippen molar-refractivity contribution in [3.63, 3.8) is 0 Å².